The maximum absolute atomic E-state index is 13.7. The largest absolute Gasteiger partial charge is 0.310 e. The molecule has 0 aromatic heterocycles. The molecular weight excluding hydrogens is 353 g/mol. The second-order valence-electron chi connectivity index (χ2n) is 4.98. The molecular formula is C17H18BrClFN. The molecule has 0 radical (unpaired) electrons. The molecule has 0 aliphatic rings. The van der Waals surface area contributed by atoms with Gasteiger partial charge in [-0.2, -0.15) is 0 Å². The second-order valence-corrected chi connectivity index (χ2v) is 6.21. The molecule has 0 bridgehead atoms. The summed E-state index contributed by atoms with van der Waals surface area (Å²) in [6.45, 7) is 3.03. The smallest absolute Gasteiger partial charge is 0.137 e. The van der Waals surface area contributed by atoms with Crippen molar-refractivity contribution in [2.45, 2.75) is 25.8 Å². The third-order valence-corrected chi connectivity index (χ3v) is 4.47. The maximum atomic E-state index is 13.7. The molecule has 0 spiro atoms. The minimum absolute atomic E-state index is 0.113. The van der Waals surface area contributed by atoms with Gasteiger partial charge in [0.25, 0.3) is 0 Å². The fraction of sp³-hybridized carbons (Fsp3) is 0.294. The van der Waals surface area contributed by atoms with E-state index in [1.807, 2.05) is 30.3 Å². The normalized spacial score (nSPS) is 12.4. The van der Waals surface area contributed by atoms with Gasteiger partial charge >= 0.3 is 0 Å². The highest BCUT2D eigenvalue weighted by Gasteiger charge is 2.15. The van der Waals surface area contributed by atoms with Gasteiger partial charge in [-0.3, -0.25) is 0 Å². The third kappa shape index (κ3) is 4.53. The molecule has 4 heteroatoms. The Morgan fingerprint density at radius 3 is 2.71 bits per heavy atom. The molecule has 0 saturated carbocycles. The van der Waals surface area contributed by atoms with E-state index in [-0.39, 0.29) is 11.9 Å². The molecule has 2 aromatic carbocycles. The number of halogens is 3. The first-order valence-corrected chi connectivity index (χ1v) is 8.20. The zero-order valence-corrected chi connectivity index (χ0v) is 14.2. The van der Waals surface area contributed by atoms with Gasteiger partial charge in [0.15, 0.2) is 0 Å². The number of nitrogens with one attached hydrogen (secondary N) is 1. The van der Waals surface area contributed by atoms with E-state index >= 15 is 0 Å². The van der Waals surface area contributed by atoms with Crippen molar-refractivity contribution in [3.05, 3.63) is 68.9 Å². The Morgan fingerprint density at radius 2 is 2.00 bits per heavy atom. The van der Waals surface area contributed by atoms with Gasteiger partial charge in [0.05, 0.1) is 4.47 Å². The summed E-state index contributed by atoms with van der Waals surface area (Å²) in [4.78, 5) is 0. The van der Waals surface area contributed by atoms with Crippen molar-refractivity contribution in [1.82, 2.24) is 5.32 Å². The van der Waals surface area contributed by atoms with Crippen LogP contribution in [-0.2, 0) is 6.42 Å². The first kappa shape index (κ1) is 16.5. The average Bonchev–Trinajstić information content (AvgIpc) is 2.47. The minimum Gasteiger partial charge on any atom is -0.310 e. The number of benzene rings is 2. The lowest BCUT2D eigenvalue weighted by molar-refractivity contribution is 0.526. The van der Waals surface area contributed by atoms with E-state index < -0.39 is 0 Å². The zero-order chi connectivity index (χ0) is 15.2. The minimum atomic E-state index is -0.229. The summed E-state index contributed by atoms with van der Waals surface area (Å²) in [6, 6.07) is 13.1. The van der Waals surface area contributed by atoms with E-state index in [2.05, 4.69) is 28.2 Å². The van der Waals surface area contributed by atoms with Crippen molar-refractivity contribution in [2.75, 3.05) is 6.54 Å². The zero-order valence-electron chi connectivity index (χ0n) is 11.9. The van der Waals surface area contributed by atoms with Crippen LogP contribution in [0.4, 0.5) is 4.39 Å². The summed E-state index contributed by atoms with van der Waals surface area (Å²) in [5.41, 5.74) is 2.07. The average molecular weight is 371 g/mol. The van der Waals surface area contributed by atoms with Crippen LogP contribution >= 0.6 is 27.5 Å². The lowest BCUT2D eigenvalue weighted by Crippen LogP contribution is -2.24. The topological polar surface area (TPSA) is 12.0 Å². The molecule has 2 rings (SSSR count). The summed E-state index contributed by atoms with van der Waals surface area (Å²) >= 11 is 9.42. The number of hydrogen-bond donors (Lipinski definition) is 1. The van der Waals surface area contributed by atoms with Crippen LogP contribution < -0.4 is 5.32 Å². The lowest BCUT2D eigenvalue weighted by Gasteiger charge is -2.20. The van der Waals surface area contributed by atoms with E-state index in [0.717, 1.165) is 24.1 Å². The molecule has 0 aliphatic heterocycles. The van der Waals surface area contributed by atoms with Crippen LogP contribution in [0.15, 0.2) is 46.9 Å². The highest BCUT2D eigenvalue weighted by Crippen LogP contribution is 2.27. The molecule has 0 heterocycles. The molecule has 1 atom stereocenters. The first-order chi connectivity index (χ1) is 10.1. The summed E-state index contributed by atoms with van der Waals surface area (Å²) in [6.07, 6.45) is 1.75. The molecule has 0 amide bonds. The van der Waals surface area contributed by atoms with Crippen molar-refractivity contribution < 1.29 is 4.39 Å². The maximum Gasteiger partial charge on any atom is 0.137 e. The van der Waals surface area contributed by atoms with Crippen molar-refractivity contribution in [3.63, 3.8) is 0 Å². The molecule has 0 aliphatic carbocycles. The van der Waals surface area contributed by atoms with Crippen molar-refractivity contribution in [1.29, 1.82) is 0 Å². The van der Waals surface area contributed by atoms with Crippen LogP contribution in [0.2, 0.25) is 5.02 Å². The van der Waals surface area contributed by atoms with Gasteiger partial charge in [0.1, 0.15) is 5.82 Å². The van der Waals surface area contributed by atoms with Crippen LogP contribution in [0.1, 0.15) is 30.5 Å². The number of hydrogen-bond acceptors (Lipinski definition) is 1. The molecule has 112 valence electrons. The summed E-state index contributed by atoms with van der Waals surface area (Å²) in [5, 5.41) is 4.22. The molecule has 1 nitrogen and oxygen atoms in total. The van der Waals surface area contributed by atoms with Gasteiger partial charge in [-0.05, 0) is 64.6 Å². The molecule has 0 saturated heterocycles. The van der Waals surface area contributed by atoms with Crippen molar-refractivity contribution >= 4 is 27.5 Å². The molecule has 1 N–H and O–H groups in total. The third-order valence-electron chi connectivity index (χ3n) is 3.35. The Kier molecular flexibility index (Phi) is 6.22. The van der Waals surface area contributed by atoms with Gasteiger partial charge < -0.3 is 5.32 Å². The van der Waals surface area contributed by atoms with E-state index in [4.69, 9.17) is 11.6 Å². The fourth-order valence-corrected chi connectivity index (χ4v) is 2.90. The molecule has 1 unspecified atom stereocenters. The van der Waals surface area contributed by atoms with Crippen LogP contribution in [0.5, 0.6) is 0 Å². The summed E-state index contributed by atoms with van der Waals surface area (Å²) in [5.74, 6) is -0.229. The lowest BCUT2D eigenvalue weighted by atomic mass is 9.98. The van der Waals surface area contributed by atoms with E-state index in [9.17, 15) is 4.39 Å². The monoisotopic (exact) mass is 369 g/mol. The Morgan fingerprint density at radius 1 is 1.24 bits per heavy atom. The van der Waals surface area contributed by atoms with Crippen LogP contribution in [0.25, 0.3) is 0 Å². The molecule has 21 heavy (non-hydrogen) atoms. The van der Waals surface area contributed by atoms with Crippen molar-refractivity contribution in [2.24, 2.45) is 0 Å². The highest BCUT2D eigenvalue weighted by molar-refractivity contribution is 9.10. The molecule has 0 fully saturated rings. The Hall–Kier alpha value is -0.900. The van der Waals surface area contributed by atoms with Gasteiger partial charge in [-0.25, -0.2) is 4.39 Å². The van der Waals surface area contributed by atoms with Gasteiger partial charge in [0.2, 0.25) is 0 Å². The van der Waals surface area contributed by atoms with Gasteiger partial charge in [-0.1, -0.05) is 42.8 Å². The first-order valence-electron chi connectivity index (χ1n) is 7.03. The Bertz CT molecular complexity index is 603. The Balaban J connectivity index is 2.26. The van der Waals surface area contributed by atoms with Crippen molar-refractivity contribution in [3.8, 4) is 0 Å². The molecule has 2 aromatic rings. The van der Waals surface area contributed by atoms with E-state index in [1.54, 1.807) is 6.07 Å². The van der Waals surface area contributed by atoms with Crippen LogP contribution in [-0.4, -0.2) is 6.54 Å². The predicted molar refractivity (Wildman–Crippen MR) is 90.3 cm³/mol. The summed E-state index contributed by atoms with van der Waals surface area (Å²) in [7, 11) is 0. The highest BCUT2D eigenvalue weighted by atomic mass is 79.9. The van der Waals surface area contributed by atoms with E-state index in [1.165, 1.54) is 6.07 Å². The van der Waals surface area contributed by atoms with Crippen LogP contribution in [0.3, 0.4) is 0 Å². The standard InChI is InChI=1S/C17H18BrClFN/c1-2-9-21-16(12-5-3-7-14(19)10-12)11-13-6-4-8-15(20)17(13)18/h3-8,10,16,21H,2,9,11H2,1H3. The predicted octanol–water partition coefficient (Wildman–Crippen LogP) is 5.53. The van der Waals surface area contributed by atoms with Gasteiger partial charge in [-0.15, -0.1) is 0 Å². The van der Waals surface area contributed by atoms with Crippen LogP contribution in [0, 0.1) is 5.82 Å². The summed E-state index contributed by atoms with van der Waals surface area (Å²) < 4.78 is 14.2. The SMILES string of the molecule is CCCNC(Cc1cccc(F)c1Br)c1cccc(Cl)c1. The second kappa shape index (κ2) is 7.92. The fourth-order valence-electron chi connectivity index (χ4n) is 2.28. The quantitative estimate of drug-likeness (QED) is 0.705. The Labute approximate surface area is 138 Å². The number of rotatable bonds is 6. The van der Waals surface area contributed by atoms with E-state index in [0.29, 0.717) is 15.9 Å². The van der Waals surface area contributed by atoms with Gasteiger partial charge in [0, 0.05) is 11.1 Å².